The van der Waals surface area contributed by atoms with E-state index < -0.39 is 0 Å². The van der Waals surface area contributed by atoms with Gasteiger partial charge in [-0.3, -0.25) is 4.79 Å². The number of carbonyl (C=O) groups excluding carboxylic acids is 1. The molecule has 60 heavy (non-hydrogen) atoms. The number of carbonyl (C=O) groups is 1. The van der Waals surface area contributed by atoms with Crippen LogP contribution in [0.2, 0.25) is 0 Å². The van der Waals surface area contributed by atoms with Crippen molar-refractivity contribution in [2.24, 2.45) is 11.8 Å². The standard InChI is InChI=1S/C27H34FNO7.C19H20FNO3/c1-31-12-13-33-15-14-32-11-9-27(30)29-10-8-24(20-2-4-22(28)5-3-20)21(17-29)18-34-23-6-7-25-26(16-23)36-19-35-25;20-15-3-1-13(2-4-15)17-7-8-21-10-14(17)11-22-16-5-6-18-19(9-16)24-12-23-18/h2-7,16,21,24H,8-15,17-19H2,1H3;1-6,9,14,17,21H,7-8,10-12H2. The van der Waals surface area contributed by atoms with Crippen LogP contribution in [0.5, 0.6) is 34.5 Å². The Bertz CT molecular complexity index is 1950. The van der Waals surface area contributed by atoms with E-state index in [4.69, 9.17) is 42.6 Å². The second kappa shape index (κ2) is 21.9. The maximum Gasteiger partial charge on any atom is 0.231 e. The molecule has 12 nitrogen and oxygen atoms in total. The van der Waals surface area contributed by atoms with E-state index in [-0.39, 0.29) is 43.0 Å². The molecular weight excluding hydrogens is 779 g/mol. The summed E-state index contributed by atoms with van der Waals surface area (Å²) in [6.45, 7) is 6.90. The zero-order chi connectivity index (χ0) is 41.5. The lowest BCUT2D eigenvalue weighted by Gasteiger charge is -2.39. The van der Waals surface area contributed by atoms with Gasteiger partial charge in [0.25, 0.3) is 0 Å². The summed E-state index contributed by atoms with van der Waals surface area (Å²) in [6, 6.07) is 24.6. The van der Waals surface area contributed by atoms with Gasteiger partial charge in [-0.25, -0.2) is 8.78 Å². The molecule has 0 bridgehead atoms. The van der Waals surface area contributed by atoms with E-state index in [1.54, 1.807) is 7.11 Å². The van der Waals surface area contributed by atoms with Crippen molar-refractivity contribution in [1.29, 1.82) is 0 Å². The number of halogens is 2. The number of hydrogen-bond donors (Lipinski definition) is 1. The highest BCUT2D eigenvalue weighted by Gasteiger charge is 2.33. The summed E-state index contributed by atoms with van der Waals surface area (Å²) in [5.41, 5.74) is 2.23. The van der Waals surface area contributed by atoms with Gasteiger partial charge in [0.1, 0.15) is 23.1 Å². The average molecular weight is 833 g/mol. The fourth-order valence-electron chi connectivity index (χ4n) is 7.94. The van der Waals surface area contributed by atoms with Crippen molar-refractivity contribution in [2.45, 2.75) is 31.1 Å². The van der Waals surface area contributed by atoms with Gasteiger partial charge in [0, 0.05) is 50.7 Å². The smallest absolute Gasteiger partial charge is 0.231 e. The predicted octanol–water partition coefficient (Wildman–Crippen LogP) is 6.96. The van der Waals surface area contributed by atoms with Crippen molar-refractivity contribution in [3.63, 3.8) is 0 Å². The SMILES string of the molecule is COCCOCCOCCC(=O)N1CCC(c2ccc(F)cc2)C(COc2ccc3c(c2)OCO3)C1.Fc1ccc(C2CCNCC2COc2ccc3c(c2)OCO3)cc1. The Labute approximate surface area is 349 Å². The van der Waals surface area contributed by atoms with Crippen molar-refractivity contribution in [3.05, 3.63) is 108 Å². The molecule has 8 rings (SSSR count). The van der Waals surface area contributed by atoms with Gasteiger partial charge in [0.2, 0.25) is 19.5 Å². The summed E-state index contributed by atoms with van der Waals surface area (Å²) in [5.74, 6) is 4.83. The molecule has 0 radical (unpaired) electrons. The maximum atomic E-state index is 13.5. The van der Waals surface area contributed by atoms with Crippen molar-refractivity contribution in [1.82, 2.24) is 10.2 Å². The number of rotatable bonds is 17. The van der Waals surface area contributed by atoms with E-state index in [2.05, 4.69) is 5.32 Å². The molecule has 2 saturated heterocycles. The van der Waals surface area contributed by atoms with Crippen LogP contribution in [0.3, 0.4) is 0 Å². The number of likely N-dealkylation sites (tertiary alicyclic amines) is 1. The molecule has 4 unspecified atom stereocenters. The van der Waals surface area contributed by atoms with E-state index in [0.717, 1.165) is 48.7 Å². The summed E-state index contributed by atoms with van der Waals surface area (Å²) < 4.78 is 76.2. The van der Waals surface area contributed by atoms with Crippen molar-refractivity contribution in [3.8, 4) is 34.5 Å². The lowest BCUT2D eigenvalue weighted by atomic mass is 9.80. The van der Waals surface area contributed by atoms with Crippen molar-refractivity contribution >= 4 is 5.91 Å². The van der Waals surface area contributed by atoms with E-state index in [9.17, 15) is 13.6 Å². The van der Waals surface area contributed by atoms with Crippen LogP contribution in [0.25, 0.3) is 0 Å². The summed E-state index contributed by atoms with van der Waals surface area (Å²) >= 11 is 0. The highest BCUT2D eigenvalue weighted by atomic mass is 19.1. The van der Waals surface area contributed by atoms with Gasteiger partial charge in [-0.2, -0.15) is 0 Å². The Morgan fingerprint density at radius 2 is 1.20 bits per heavy atom. The first kappa shape index (κ1) is 43.0. The number of benzene rings is 4. The molecule has 4 aliphatic rings. The summed E-state index contributed by atoms with van der Waals surface area (Å²) in [7, 11) is 1.63. The number of ether oxygens (including phenoxy) is 9. The van der Waals surface area contributed by atoms with Gasteiger partial charge in [0.15, 0.2) is 23.0 Å². The van der Waals surface area contributed by atoms with Crippen LogP contribution >= 0.6 is 0 Å². The first-order valence-electron chi connectivity index (χ1n) is 20.6. The number of methoxy groups -OCH3 is 1. The molecule has 1 amide bonds. The lowest BCUT2D eigenvalue weighted by molar-refractivity contribution is -0.134. The maximum absolute atomic E-state index is 13.5. The molecule has 0 spiro atoms. The molecule has 0 aromatic heterocycles. The Morgan fingerprint density at radius 3 is 1.80 bits per heavy atom. The molecule has 4 atom stereocenters. The molecule has 4 aromatic carbocycles. The number of piperidine rings is 2. The first-order valence-corrected chi connectivity index (χ1v) is 20.6. The molecule has 4 aliphatic heterocycles. The van der Waals surface area contributed by atoms with E-state index in [1.807, 2.05) is 65.6 Å². The van der Waals surface area contributed by atoms with Gasteiger partial charge in [-0.1, -0.05) is 24.3 Å². The topological polar surface area (TPSA) is 115 Å². The zero-order valence-electron chi connectivity index (χ0n) is 34.0. The van der Waals surface area contributed by atoms with Crippen LogP contribution in [0, 0.1) is 23.5 Å². The Morgan fingerprint density at radius 1 is 0.667 bits per heavy atom. The predicted molar refractivity (Wildman–Crippen MR) is 218 cm³/mol. The second-order valence-electron chi connectivity index (χ2n) is 15.1. The Balaban J connectivity index is 0.000000196. The van der Waals surface area contributed by atoms with Crippen LogP contribution in [0.15, 0.2) is 84.9 Å². The van der Waals surface area contributed by atoms with Gasteiger partial charge >= 0.3 is 0 Å². The molecule has 1 N–H and O–H groups in total. The largest absolute Gasteiger partial charge is 0.493 e. The molecule has 14 heteroatoms. The highest BCUT2D eigenvalue weighted by molar-refractivity contribution is 5.76. The minimum absolute atomic E-state index is 0.0497. The fraction of sp³-hybridized carbons (Fsp3) is 0.457. The average Bonchev–Trinajstić information content (AvgIpc) is 3.96. The Kier molecular flexibility index (Phi) is 15.7. The minimum Gasteiger partial charge on any atom is -0.493 e. The van der Waals surface area contributed by atoms with E-state index >= 15 is 0 Å². The third-order valence-corrected chi connectivity index (χ3v) is 11.2. The summed E-state index contributed by atoms with van der Waals surface area (Å²) in [6.07, 6.45) is 2.12. The number of amides is 1. The molecule has 0 saturated carbocycles. The van der Waals surface area contributed by atoms with Gasteiger partial charge in [-0.05, 0) is 90.9 Å². The van der Waals surface area contributed by atoms with Crippen LogP contribution < -0.4 is 33.7 Å². The van der Waals surface area contributed by atoms with E-state index in [1.165, 1.54) is 29.8 Å². The molecule has 0 aliphatic carbocycles. The first-order chi connectivity index (χ1) is 29.4. The molecule has 4 heterocycles. The normalized spacial score (nSPS) is 20.3. The van der Waals surface area contributed by atoms with Crippen LogP contribution in [0.4, 0.5) is 8.78 Å². The van der Waals surface area contributed by atoms with E-state index in [0.29, 0.717) is 94.8 Å². The number of nitrogens with one attached hydrogen (secondary N) is 1. The van der Waals surface area contributed by atoms with Crippen LogP contribution in [-0.4, -0.2) is 104 Å². The summed E-state index contributed by atoms with van der Waals surface area (Å²) in [4.78, 5) is 14.8. The van der Waals surface area contributed by atoms with Gasteiger partial charge < -0.3 is 52.8 Å². The lowest BCUT2D eigenvalue weighted by Crippen LogP contribution is -2.45. The third-order valence-electron chi connectivity index (χ3n) is 11.2. The zero-order valence-corrected chi connectivity index (χ0v) is 34.0. The molecule has 2 fully saturated rings. The van der Waals surface area contributed by atoms with Gasteiger partial charge in [0.05, 0.1) is 52.7 Å². The van der Waals surface area contributed by atoms with Crippen molar-refractivity contribution < 1.29 is 56.2 Å². The molecule has 322 valence electrons. The number of hydrogen-bond acceptors (Lipinski definition) is 11. The monoisotopic (exact) mass is 832 g/mol. The van der Waals surface area contributed by atoms with Gasteiger partial charge in [-0.15, -0.1) is 0 Å². The fourth-order valence-corrected chi connectivity index (χ4v) is 7.94. The summed E-state index contributed by atoms with van der Waals surface area (Å²) in [5, 5.41) is 3.43. The molecular formula is C46H54F2N2O10. The number of nitrogens with zero attached hydrogens (tertiary/aromatic N) is 1. The third kappa shape index (κ3) is 12.0. The van der Waals surface area contributed by atoms with Crippen molar-refractivity contribution in [2.75, 3.05) is 93.1 Å². The number of fused-ring (bicyclic) bond motifs is 2. The quantitative estimate of drug-likeness (QED) is 0.111. The van der Waals surface area contributed by atoms with Crippen LogP contribution in [-0.2, 0) is 19.0 Å². The second-order valence-corrected chi connectivity index (χ2v) is 15.1. The highest BCUT2D eigenvalue weighted by Crippen LogP contribution is 2.38. The van der Waals surface area contributed by atoms with Crippen LogP contribution in [0.1, 0.15) is 42.2 Å². The molecule has 4 aromatic rings. The Hall–Kier alpha value is -5.15. The minimum atomic E-state index is -0.261.